The Morgan fingerprint density at radius 2 is 1.72 bits per heavy atom. The standard InChI is InChI=1S/C23H19Cl2N3O3S/c24-17-7-9-19(10-8-17)32-15-23(30)28-26-13-16-6-11-21(20(25)12-16)31-14-22(29)27-18-4-2-1-3-5-18/h1-13H,14-15H2,(H,27,29)(H,28,30)/b26-13-. The van der Waals surface area contributed by atoms with Gasteiger partial charge in [0.25, 0.3) is 5.91 Å². The summed E-state index contributed by atoms with van der Waals surface area (Å²) >= 11 is 13.4. The Bertz CT molecular complexity index is 1090. The van der Waals surface area contributed by atoms with E-state index in [1.165, 1.54) is 18.0 Å². The molecule has 0 spiro atoms. The molecule has 2 amide bonds. The Morgan fingerprint density at radius 3 is 2.44 bits per heavy atom. The van der Waals surface area contributed by atoms with Gasteiger partial charge in [0, 0.05) is 15.6 Å². The second-order valence-corrected chi connectivity index (χ2v) is 8.32. The molecule has 0 unspecified atom stereocenters. The highest BCUT2D eigenvalue weighted by molar-refractivity contribution is 8.00. The summed E-state index contributed by atoms with van der Waals surface area (Å²) in [5.74, 6) is 0.0570. The molecule has 9 heteroatoms. The van der Waals surface area contributed by atoms with Crippen LogP contribution in [0.25, 0.3) is 0 Å². The first kappa shape index (κ1) is 23.7. The van der Waals surface area contributed by atoms with Crippen molar-refractivity contribution < 1.29 is 14.3 Å². The number of nitrogens with one attached hydrogen (secondary N) is 2. The second kappa shape index (κ2) is 12.1. The van der Waals surface area contributed by atoms with Crippen LogP contribution in [0, 0.1) is 0 Å². The summed E-state index contributed by atoms with van der Waals surface area (Å²) in [4.78, 5) is 24.8. The van der Waals surface area contributed by atoms with Crippen molar-refractivity contribution in [2.45, 2.75) is 4.90 Å². The number of thioether (sulfide) groups is 1. The summed E-state index contributed by atoms with van der Waals surface area (Å²) in [5.41, 5.74) is 3.82. The van der Waals surface area contributed by atoms with E-state index in [9.17, 15) is 9.59 Å². The van der Waals surface area contributed by atoms with Crippen LogP contribution in [0.15, 0.2) is 82.8 Å². The first-order valence-corrected chi connectivity index (χ1v) is 11.2. The quantitative estimate of drug-likeness (QED) is 0.245. The van der Waals surface area contributed by atoms with Crippen LogP contribution >= 0.6 is 35.0 Å². The number of benzene rings is 3. The SMILES string of the molecule is O=C(CSc1ccc(Cl)cc1)N/N=C\c1ccc(OCC(=O)Nc2ccccc2)c(Cl)c1. The third-order valence-electron chi connectivity index (χ3n) is 3.96. The van der Waals surface area contributed by atoms with E-state index in [0.717, 1.165) is 4.90 Å². The molecule has 0 bridgehead atoms. The van der Waals surface area contributed by atoms with Crippen LogP contribution in [-0.2, 0) is 9.59 Å². The highest BCUT2D eigenvalue weighted by atomic mass is 35.5. The summed E-state index contributed by atoms with van der Waals surface area (Å²) in [7, 11) is 0. The van der Waals surface area contributed by atoms with Crippen LogP contribution in [0.3, 0.4) is 0 Å². The van der Waals surface area contributed by atoms with Gasteiger partial charge in [0.05, 0.1) is 17.0 Å². The van der Waals surface area contributed by atoms with Crippen molar-refractivity contribution in [2.24, 2.45) is 5.10 Å². The van der Waals surface area contributed by atoms with Gasteiger partial charge in [-0.1, -0.05) is 41.4 Å². The van der Waals surface area contributed by atoms with Crippen LogP contribution < -0.4 is 15.5 Å². The fourth-order valence-corrected chi connectivity index (χ4v) is 3.53. The number of amides is 2. The van der Waals surface area contributed by atoms with Crippen LogP contribution in [0.2, 0.25) is 10.0 Å². The Hall–Kier alpha value is -3.00. The molecule has 164 valence electrons. The van der Waals surface area contributed by atoms with E-state index in [1.807, 2.05) is 30.3 Å². The molecule has 3 aromatic rings. The highest BCUT2D eigenvalue weighted by Gasteiger charge is 2.07. The molecule has 32 heavy (non-hydrogen) atoms. The lowest BCUT2D eigenvalue weighted by molar-refractivity contribution is -0.119. The Labute approximate surface area is 200 Å². The van der Waals surface area contributed by atoms with Crippen molar-refractivity contribution >= 4 is 58.7 Å². The summed E-state index contributed by atoms with van der Waals surface area (Å²) in [5, 5.41) is 7.64. The normalized spacial score (nSPS) is 10.7. The third kappa shape index (κ3) is 7.92. The molecule has 0 fully saturated rings. The van der Waals surface area contributed by atoms with Crippen molar-refractivity contribution in [3.05, 3.63) is 88.4 Å². The van der Waals surface area contributed by atoms with Gasteiger partial charge < -0.3 is 10.1 Å². The zero-order valence-corrected chi connectivity index (χ0v) is 19.1. The molecule has 0 saturated carbocycles. The number of hydrazone groups is 1. The maximum atomic E-state index is 12.0. The average Bonchev–Trinajstić information content (AvgIpc) is 2.79. The molecule has 0 aliphatic carbocycles. The summed E-state index contributed by atoms with van der Waals surface area (Å²) in [6.07, 6.45) is 1.47. The van der Waals surface area contributed by atoms with E-state index >= 15 is 0 Å². The maximum absolute atomic E-state index is 12.0. The van der Waals surface area contributed by atoms with E-state index in [1.54, 1.807) is 42.5 Å². The number of nitrogens with zero attached hydrogens (tertiary/aromatic N) is 1. The number of halogens is 2. The molecule has 6 nitrogen and oxygen atoms in total. The van der Waals surface area contributed by atoms with Crippen LogP contribution in [0.5, 0.6) is 5.75 Å². The largest absolute Gasteiger partial charge is 0.482 e. The van der Waals surface area contributed by atoms with Crippen molar-refractivity contribution in [1.29, 1.82) is 0 Å². The molecule has 0 aromatic heterocycles. The first-order valence-electron chi connectivity index (χ1n) is 9.47. The van der Waals surface area contributed by atoms with E-state index in [-0.39, 0.29) is 24.2 Å². The number of hydrogen-bond acceptors (Lipinski definition) is 5. The highest BCUT2D eigenvalue weighted by Crippen LogP contribution is 2.25. The Kier molecular flexibility index (Phi) is 8.98. The van der Waals surface area contributed by atoms with Gasteiger partial charge in [0.2, 0.25) is 5.91 Å². The van der Waals surface area contributed by atoms with E-state index < -0.39 is 0 Å². The average molecular weight is 488 g/mol. The number of carbonyl (C=O) groups is 2. The van der Waals surface area contributed by atoms with E-state index in [0.29, 0.717) is 27.0 Å². The predicted molar refractivity (Wildman–Crippen MR) is 130 cm³/mol. The van der Waals surface area contributed by atoms with Crippen LogP contribution in [0.1, 0.15) is 5.56 Å². The molecule has 0 heterocycles. The number of rotatable bonds is 9. The summed E-state index contributed by atoms with van der Waals surface area (Å²) in [6, 6.07) is 21.3. The van der Waals surface area contributed by atoms with Gasteiger partial charge >= 0.3 is 0 Å². The minimum Gasteiger partial charge on any atom is -0.482 e. The number of carbonyl (C=O) groups excluding carboxylic acids is 2. The fraction of sp³-hybridized carbons (Fsp3) is 0.0870. The van der Waals surface area contributed by atoms with Crippen molar-refractivity contribution in [3.63, 3.8) is 0 Å². The molecule has 0 aliphatic rings. The second-order valence-electron chi connectivity index (χ2n) is 6.43. The van der Waals surface area contributed by atoms with Crippen molar-refractivity contribution in [2.75, 3.05) is 17.7 Å². The monoisotopic (exact) mass is 487 g/mol. The minimum atomic E-state index is -0.294. The van der Waals surface area contributed by atoms with E-state index in [2.05, 4.69) is 15.8 Å². The molecular weight excluding hydrogens is 469 g/mol. The third-order valence-corrected chi connectivity index (χ3v) is 5.52. The molecule has 0 aliphatic heterocycles. The van der Waals surface area contributed by atoms with Gasteiger partial charge in [-0.15, -0.1) is 11.8 Å². The van der Waals surface area contributed by atoms with Crippen LogP contribution in [0.4, 0.5) is 5.69 Å². The van der Waals surface area contributed by atoms with Crippen molar-refractivity contribution in [3.8, 4) is 5.75 Å². The zero-order valence-electron chi connectivity index (χ0n) is 16.8. The number of anilines is 1. The number of ether oxygens (including phenoxy) is 1. The molecule has 0 saturated heterocycles. The summed E-state index contributed by atoms with van der Waals surface area (Å²) < 4.78 is 5.48. The fourth-order valence-electron chi connectivity index (χ4n) is 2.47. The molecular formula is C23H19Cl2N3O3S. The lowest BCUT2D eigenvalue weighted by Gasteiger charge is -2.09. The van der Waals surface area contributed by atoms with Gasteiger partial charge in [0.1, 0.15) is 5.75 Å². The van der Waals surface area contributed by atoms with Crippen LogP contribution in [-0.4, -0.2) is 30.4 Å². The van der Waals surface area contributed by atoms with Gasteiger partial charge in [0.15, 0.2) is 6.61 Å². The number of para-hydroxylation sites is 1. The van der Waals surface area contributed by atoms with Gasteiger partial charge in [-0.05, 0) is 60.2 Å². The predicted octanol–water partition coefficient (Wildman–Crippen LogP) is 5.25. The first-order chi connectivity index (χ1) is 15.5. The maximum Gasteiger partial charge on any atom is 0.262 e. The zero-order chi connectivity index (χ0) is 22.8. The smallest absolute Gasteiger partial charge is 0.262 e. The molecule has 3 aromatic carbocycles. The number of hydrogen-bond donors (Lipinski definition) is 2. The minimum absolute atomic E-state index is 0.177. The lowest BCUT2D eigenvalue weighted by atomic mass is 10.2. The molecule has 0 radical (unpaired) electrons. The molecule has 3 rings (SSSR count). The Morgan fingerprint density at radius 1 is 0.969 bits per heavy atom. The molecule has 0 atom stereocenters. The van der Waals surface area contributed by atoms with Crippen molar-refractivity contribution in [1.82, 2.24) is 5.43 Å². The summed E-state index contributed by atoms with van der Waals surface area (Å²) in [6.45, 7) is -0.177. The Balaban J connectivity index is 1.43. The molecule has 2 N–H and O–H groups in total. The van der Waals surface area contributed by atoms with E-state index in [4.69, 9.17) is 27.9 Å². The topological polar surface area (TPSA) is 79.8 Å². The van der Waals surface area contributed by atoms with Gasteiger partial charge in [-0.3, -0.25) is 9.59 Å². The van der Waals surface area contributed by atoms with Gasteiger partial charge in [-0.2, -0.15) is 5.10 Å². The lowest BCUT2D eigenvalue weighted by Crippen LogP contribution is -2.20. The van der Waals surface area contributed by atoms with Gasteiger partial charge in [-0.25, -0.2) is 5.43 Å².